The van der Waals surface area contributed by atoms with Crippen molar-refractivity contribution in [3.8, 4) is 0 Å². The van der Waals surface area contributed by atoms with Crippen LogP contribution in [0.25, 0.3) is 0 Å². The molecule has 0 unspecified atom stereocenters. The quantitative estimate of drug-likeness (QED) is 0.715. The summed E-state index contributed by atoms with van der Waals surface area (Å²) in [5.74, 6) is -0.252. The van der Waals surface area contributed by atoms with Gasteiger partial charge in [-0.05, 0) is 67.8 Å². The number of aliphatic hydroxyl groups excluding tert-OH is 1. The first-order valence-corrected chi connectivity index (χ1v) is 10.5. The molecule has 0 amide bonds. The van der Waals surface area contributed by atoms with Gasteiger partial charge in [0.25, 0.3) is 0 Å². The largest absolute Gasteiger partial charge is 0.479 e. The molecule has 4 aliphatic carbocycles. The first kappa shape index (κ1) is 20.0. The molecule has 3 saturated carbocycles. The average molecular weight is 392 g/mol. The standard InChI is InChI=1S/C22H32O6/c1-20-8-6-14(23)10-13(20)4-5-15-16-7-9-22(19(25)26,28-12-27-3)21(16,2)11-17(24)18(15)20/h10,15-18,24H,4-9,11-12H2,1-3H3,(H,25,26)/t15-,16-,17-,18+,20-,21-,22-/m0/s1. The lowest BCUT2D eigenvalue weighted by atomic mass is 9.45. The van der Waals surface area contributed by atoms with E-state index in [0.717, 1.165) is 25.7 Å². The number of ketones is 1. The molecule has 0 aromatic rings. The van der Waals surface area contributed by atoms with Crippen LogP contribution in [0.1, 0.15) is 58.8 Å². The minimum absolute atomic E-state index is 0.0640. The van der Waals surface area contributed by atoms with Crippen molar-refractivity contribution in [3.63, 3.8) is 0 Å². The minimum Gasteiger partial charge on any atom is -0.479 e. The lowest BCUT2D eigenvalue weighted by Crippen LogP contribution is -2.62. The second kappa shape index (κ2) is 6.64. The number of hydrogen-bond acceptors (Lipinski definition) is 5. The van der Waals surface area contributed by atoms with E-state index in [-0.39, 0.29) is 35.7 Å². The average Bonchev–Trinajstić information content (AvgIpc) is 2.93. The second-order valence-electron chi connectivity index (χ2n) is 9.80. The van der Waals surface area contributed by atoms with Gasteiger partial charge in [0.1, 0.15) is 6.79 Å². The summed E-state index contributed by atoms with van der Waals surface area (Å²) in [7, 11) is 1.50. The highest BCUT2D eigenvalue weighted by Crippen LogP contribution is 2.68. The fraction of sp³-hybridized carbons (Fsp3) is 0.818. The van der Waals surface area contributed by atoms with Gasteiger partial charge in [-0.15, -0.1) is 0 Å². The van der Waals surface area contributed by atoms with Crippen LogP contribution in [0.3, 0.4) is 0 Å². The van der Waals surface area contributed by atoms with Crippen molar-refractivity contribution in [2.45, 2.75) is 70.5 Å². The predicted molar refractivity (Wildman–Crippen MR) is 101 cm³/mol. The van der Waals surface area contributed by atoms with Crippen LogP contribution in [0.2, 0.25) is 0 Å². The second-order valence-corrected chi connectivity index (χ2v) is 9.80. The Hall–Kier alpha value is -1.24. The molecule has 0 saturated heterocycles. The van der Waals surface area contributed by atoms with Crippen LogP contribution in [-0.2, 0) is 19.1 Å². The highest BCUT2D eigenvalue weighted by molar-refractivity contribution is 5.91. The molecule has 0 radical (unpaired) electrons. The molecule has 0 heterocycles. The van der Waals surface area contributed by atoms with Crippen molar-refractivity contribution in [1.82, 2.24) is 0 Å². The Morgan fingerprint density at radius 3 is 2.68 bits per heavy atom. The van der Waals surface area contributed by atoms with E-state index in [1.165, 1.54) is 12.7 Å². The van der Waals surface area contributed by atoms with Crippen molar-refractivity contribution < 1.29 is 29.3 Å². The molecule has 0 bridgehead atoms. The number of carboxylic acid groups (broad SMARTS) is 1. The number of carbonyl (C=O) groups excluding carboxylic acids is 1. The maximum Gasteiger partial charge on any atom is 0.336 e. The van der Waals surface area contributed by atoms with Crippen molar-refractivity contribution in [2.75, 3.05) is 13.9 Å². The molecular formula is C22H32O6. The first-order valence-electron chi connectivity index (χ1n) is 10.5. The van der Waals surface area contributed by atoms with Crippen LogP contribution in [-0.4, -0.2) is 47.6 Å². The number of carbonyl (C=O) groups is 2. The summed E-state index contributed by atoms with van der Waals surface area (Å²) in [6, 6.07) is 0. The molecule has 0 aromatic heterocycles. The van der Waals surface area contributed by atoms with Crippen LogP contribution in [0, 0.1) is 28.6 Å². The van der Waals surface area contributed by atoms with Crippen LogP contribution in [0.5, 0.6) is 0 Å². The number of fused-ring (bicyclic) bond motifs is 5. The van der Waals surface area contributed by atoms with Crippen LogP contribution in [0.4, 0.5) is 0 Å². The summed E-state index contributed by atoms with van der Waals surface area (Å²) in [6.07, 6.45) is 5.94. The minimum atomic E-state index is -1.32. The third-order valence-corrected chi connectivity index (χ3v) is 8.79. The maximum absolute atomic E-state index is 12.4. The fourth-order valence-corrected chi connectivity index (χ4v) is 7.48. The van der Waals surface area contributed by atoms with Gasteiger partial charge in [0.2, 0.25) is 0 Å². The van der Waals surface area contributed by atoms with Gasteiger partial charge in [0.15, 0.2) is 11.4 Å². The molecule has 4 aliphatic rings. The first-order chi connectivity index (χ1) is 13.2. The van der Waals surface area contributed by atoms with Crippen molar-refractivity contribution >= 4 is 11.8 Å². The molecule has 28 heavy (non-hydrogen) atoms. The van der Waals surface area contributed by atoms with E-state index in [1.807, 2.05) is 13.0 Å². The Morgan fingerprint density at radius 2 is 2.00 bits per heavy atom. The lowest BCUT2D eigenvalue weighted by Gasteiger charge is -2.60. The lowest BCUT2D eigenvalue weighted by molar-refractivity contribution is -0.226. The third-order valence-electron chi connectivity index (χ3n) is 8.79. The number of methoxy groups -OCH3 is 1. The van der Waals surface area contributed by atoms with Crippen molar-refractivity contribution in [1.29, 1.82) is 0 Å². The smallest absolute Gasteiger partial charge is 0.336 e. The number of rotatable bonds is 4. The van der Waals surface area contributed by atoms with Gasteiger partial charge >= 0.3 is 5.97 Å². The van der Waals surface area contributed by atoms with Gasteiger partial charge in [0, 0.05) is 18.9 Å². The van der Waals surface area contributed by atoms with E-state index in [1.54, 1.807) is 0 Å². The zero-order valence-corrected chi connectivity index (χ0v) is 17.1. The van der Waals surface area contributed by atoms with E-state index < -0.39 is 23.1 Å². The molecule has 0 aromatic carbocycles. The summed E-state index contributed by atoms with van der Waals surface area (Å²) in [5, 5.41) is 21.5. The van der Waals surface area contributed by atoms with Gasteiger partial charge in [0.05, 0.1) is 6.10 Å². The Labute approximate surface area is 166 Å². The summed E-state index contributed by atoms with van der Waals surface area (Å²) in [4.78, 5) is 24.3. The molecule has 0 spiro atoms. The van der Waals surface area contributed by atoms with E-state index in [0.29, 0.717) is 19.3 Å². The van der Waals surface area contributed by atoms with Crippen LogP contribution < -0.4 is 0 Å². The Balaban J connectivity index is 1.72. The zero-order valence-electron chi connectivity index (χ0n) is 17.1. The Bertz CT molecular complexity index is 716. The van der Waals surface area contributed by atoms with Crippen molar-refractivity contribution in [2.24, 2.45) is 28.6 Å². The SMILES string of the molecule is COCO[C@]1(C(=O)O)CC[C@H]2[C@@H]3CCC4=CC(=O)CC[C@]4(C)[C@H]3[C@@H](O)C[C@@]21C. The number of ether oxygens (including phenoxy) is 2. The number of aliphatic carboxylic acids is 1. The van der Waals surface area contributed by atoms with Gasteiger partial charge in [-0.25, -0.2) is 4.79 Å². The molecule has 3 fully saturated rings. The van der Waals surface area contributed by atoms with Gasteiger partial charge < -0.3 is 19.7 Å². The summed E-state index contributed by atoms with van der Waals surface area (Å²) < 4.78 is 10.9. The van der Waals surface area contributed by atoms with E-state index in [2.05, 4.69) is 6.92 Å². The van der Waals surface area contributed by atoms with E-state index in [9.17, 15) is 19.8 Å². The van der Waals surface area contributed by atoms with E-state index >= 15 is 0 Å². The van der Waals surface area contributed by atoms with Crippen LogP contribution in [0.15, 0.2) is 11.6 Å². The van der Waals surface area contributed by atoms with Gasteiger partial charge in [-0.3, -0.25) is 4.79 Å². The Kier molecular flexibility index (Phi) is 4.76. The topological polar surface area (TPSA) is 93.1 Å². The summed E-state index contributed by atoms with van der Waals surface area (Å²) in [5.41, 5.74) is -0.940. The molecule has 6 nitrogen and oxygen atoms in total. The zero-order chi connectivity index (χ0) is 20.3. The monoisotopic (exact) mass is 392 g/mol. The predicted octanol–water partition coefficient (Wildman–Crippen LogP) is 2.93. The summed E-state index contributed by atoms with van der Waals surface area (Å²) >= 11 is 0. The molecule has 156 valence electrons. The number of aliphatic hydroxyl groups is 1. The molecule has 2 N–H and O–H groups in total. The number of hydrogen-bond donors (Lipinski definition) is 2. The number of carboxylic acids is 1. The highest BCUT2D eigenvalue weighted by Gasteiger charge is 2.70. The molecule has 0 aliphatic heterocycles. The molecular weight excluding hydrogens is 360 g/mol. The Morgan fingerprint density at radius 1 is 1.25 bits per heavy atom. The maximum atomic E-state index is 12.4. The molecule has 7 atom stereocenters. The normalized spacial score (nSPS) is 47.7. The van der Waals surface area contributed by atoms with Crippen LogP contribution >= 0.6 is 0 Å². The highest BCUT2D eigenvalue weighted by atomic mass is 16.7. The van der Waals surface area contributed by atoms with E-state index in [4.69, 9.17) is 9.47 Å². The van der Waals surface area contributed by atoms with Crippen molar-refractivity contribution in [3.05, 3.63) is 11.6 Å². The van der Waals surface area contributed by atoms with Gasteiger partial charge in [-0.1, -0.05) is 19.4 Å². The van der Waals surface area contributed by atoms with Gasteiger partial charge in [-0.2, -0.15) is 0 Å². The number of allylic oxidation sites excluding steroid dienone is 1. The molecule has 4 rings (SSSR count). The fourth-order valence-electron chi connectivity index (χ4n) is 7.48. The third kappa shape index (κ3) is 2.50. The molecule has 6 heteroatoms. The summed E-state index contributed by atoms with van der Waals surface area (Å²) in [6.45, 7) is 4.13.